The van der Waals surface area contributed by atoms with Crippen LogP contribution in [0.15, 0.2) is 0 Å². The van der Waals surface area contributed by atoms with Crippen molar-refractivity contribution in [3.05, 3.63) is 0 Å². The molecule has 0 N–H and O–H groups in total. The quantitative estimate of drug-likeness (QED) is 0.519. The van der Waals surface area contributed by atoms with E-state index in [1.807, 2.05) is 13.8 Å². The number of nitrogens with zero attached hydrogens (tertiary/aromatic N) is 1. The van der Waals surface area contributed by atoms with Gasteiger partial charge in [-0.1, -0.05) is 12.8 Å². The Bertz CT molecular complexity index is 146. The van der Waals surface area contributed by atoms with Crippen LogP contribution in [0.1, 0.15) is 13.8 Å². The van der Waals surface area contributed by atoms with E-state index < -0.39 is 0 Å². The van der Waals surface area contributed by atoms with Crippen LogP contribution in [0.3, 0.4) is 0 Å². The lowest BCUT2D eigenvalue weighted by Crippen LogP contribution is -2.23. The van der Waals surface area contributed by atoms with Crippen molar-refractivity contribution >= 4 is 18.9 Å². The molecule has 1 aliphatic heterocycles. The molecule has 0 aromatic rings. The summed E-state index contributed by atoms with van der Waals surface area (Å²) >= 11 is 3.86. The summed E-state index contributed by atoms with van der Waals surface area (Å²) in [4.78, 5) is 10.6. The molecule has 1 amide bonds. The predicted octanol–water partition coefficient (Wildman–Crippen LogP) is 1.06. The van der Waals surface area contributed by atoms with Gasteiger partial charge in [0.2, 0.25) is 0 Å². The number of carbonyl (C=O) groups excluding carboxylic acids is 1. The van der Waals surface area contributed by atoms with E-state index >= 15 is 0 Å². The standard InChI is InChI=1S/C5H9NO2S/c1-5(2)3-6(9)4(7)8-5/h9H,3H2,1-2H3. The van der Waals surface area contributed by atoms with Crippen LogP contribution in [0.4, 0.5) is 4.79 Å². The van der Waals surface area contributed by atoms with Crippen molar-refractivity contribution in [2.45, 2.75) is 19.4 Å². The van der Waals surface area contributed by atoms with Crippen LogP contribution in [0.5, 0.6) is 0 Å². The highest BCUT2D eigenvalue weighted by Crippen LogP contribution is 2.22. The van der Waals surface area contributed by atoms with Crippen LogP contribution in [-0.4, -0.2) is 22.5 Å². The van der Waals surface area contributed by atoms with Gasteiger partial charge < -0.3 is 4.74 Å². The van der Waals surface area contributed by atoms with Gasteiger partial charge in [-0.2, -0.15) is 0 Å². The molecule has 0 radical (unpaired) electrons. The van der Waals surface area contributed by atoms with Crippen LogP contribution >= 0.6 is 12.8 Å². The van der Waals surface area contributed by atoms with Crippen LogP contribution in [0.2, 0.25) is 0 Å². The number of thiol groups is 1. The molecule has 0 spiro atoms. The molecule has 9 heavy (non-hydrogen) atoms. The average Bonchev–Trinajstić information content (AvgIpc) is 1.79. The number of hydrogen-bond donors (Lipinski definition) is 1. The Morgan fingerprint density at radius 3 is 2.44 bits per heavy atom. The van der Waals surface area contributed by atoms with E-state index in [2.05, 4.69) is 12.8 Å². The van der Waals surface area contributed by atoms with Gasteiger partial charge >= 0.3 is 6.09 Å². The molecule has 1 aliphatic rings. The summed E-state index contributed by atoms with van der Waals surface area (Å²) in [6.45, 7) is 4.25. The molecule has 4 heteroatoms. The Labute approximate surface area is 59.5 Å². The first-order chi connectivity index (χ1) is 4.01. The van der Waals surface area contributed by atoms with Crippen molar-refractivity contribution < 1.29 is 9.53 Å². The third-order valence-corrected chi connectivity index (χ3v) is 1.41. The Morgan fingerprint density at radius 1 is 1.78 bits per heavy atom. The Morgan fingerprint density at radius 2 is 2.33 bits per heavy atom. The zero-order chi connectivity index (χ0) is 7.07. The van der Waals surface area contributed by atoms with Crippen LogP contribution in [0.25, 0.3) is 0 Å². The van der Waals surface area contributed by atoms with Gasteiger partial charge in [0.05, 0.1) is 6.54 Å². The molecular weight excluding hydrogens is 138 g/mol. The Hall–Kier alpha value is -0.380. The molecule has 0 atom stereocenters. The number of carbonyl (C=O) groups is 1. The van der Waals surface area contributed by atoms with Crippen LogP contribution in [0, 0.1) is 0 Å². The molecule has 1 fully saturated rings. The topological polar surface area (TPSA) is 29.5 Å². The highest BCUT2D eigenvalue weighted by Gasteiger charge is 2.35. The fourth-order valence-corrected chi connectivity index (χ4v) is 1.13. The van der Waals surface area contributed by atoms with Gasteiger partial charge in [-0.25, -0.2) is 4.79 Å². The normalized spacial score (nSPS) is 24.3. The van der Waals surface area contributed by atoms with E-state index in [1.54, 1.807) is 0 Å². The summed E-state index contributed by atoms with van der Waals surface area (Å²) in [6, 6.07) is 0. The van der Waals surface area contributed by atoms with E-state index in [-0.39, 0.29) is 11.7 Å². The largest absolute Gasteiger partial charge is 0.441 e. The minimum Gasteiger partial charge on any atom is -0.441 e. The highest BCUT2D eigenvalue weighted by atomic mass is 32.1. The van der Waals surface area contributed by atoms with Crippen molar-refractivity contribution in [1.82, 2.24) is 4.31 Å². The first-order valence-electron chi connectivity index (χ1n) is 2.71. The summed E-state index contributed by atoms with van der Waals surface area (Å²) in [7, 11) is 0. The SMILES string of the molecule is CC1(C)CN(S)C(=O)O1. The maximum absolute atomic E-state index is 10.6. The molecule has 1 rings (SSSR count). The number of cyclic esters (lactones) is 1. The van der Waals surface area contributed by atoms with E-state index in [4.69, 9.17) is 4.74 Å². The van der Waals surface area contributed by atoms with E-state index in [1.165, 1.54) is 4.31 Å². The molecule has 0 aliphatic carbocycles. The van der Waals surface area contributed by atoms with Gasteiger partial charge in [-0.3, -0.25) is 4.31 Å². The molecule has 0 saturated carbocycles. The zero-order valence-corrected chi connectivity index (χ0v) is 6.31. The van der Waals surface area contributed by atoms with E-state index in [0.29, 0.717) is 6.54 Å². The van der Waals surface area contributed by atoms with E-state index in [0.717, 1.165) is 0 Å². The fraction of sp³-hybridized carbons (Fsp3) is 0.800. The maximum atomic E-state index is 10.6. The summed E-state index contributed by atoms with van der Waals surface area (Å²) in [5.41, 5.74) is -0.362. The van der Waals surface area contributed by atoms with Crippen LogP contribution in [-0.2, 0) is 4.74 Å². The van der Waals surface area contributed by atoms with Gasteiger partial charge in [0.25, 0.3) is 0 Å². The average molecular weight is 147 g/mol. The lowest BCUT2D eigenvalue weighted by molar-refractivity contribution is 0.0866. The van der Waals surface area contributed by atoms with Gasteiger partial charge in [0.1, 0.15) is 5.60 Å². The first kappa shape index (κ1) is 6.74. The second-order valence-electron chi connectivity index (χ2n) is 2.69. The molecule has 0 unspecified atom stereocenters. The van der Waals surface area contributed by atoms with Crippen molar-refractivity contribution in [3.8, 4) is 0 Å². The first-order valence-corrected chi connectivity index (χ1v) is 3.11. The monoisotopic (exact) mass is 147 g/mol. The third-order valence-electron chi connectivity index (χ3n) is 1.10. The molecule has 1 heterocycles. The fourth-order valence-electron chi connectivity index (χ4n) is 0.747. The molecule has 1 saturated heterocycles. The lowest BCUT2D eigenvalue weighted by Gasteiger charge is -2.12. The molecule has 0 aromatic heterocycles. The van der Waals surface area contributed by atoms with Gasteiger partial charge in [0, 0.05) is 0 Å². The maximum Gasteiger partial charge on any atom is 0.420 e. The van der Waals surface area contributed by atoms with Gasteiger partial charge in [-0.15, -0.1) is 0 Å². The van der Waals surface area contributed by atoms with Crippen molar-refractivity contribution in [1.29, 1.82) is 0 Å². The molecule has 52 valence electrons. The van der Waals surface area contributed by atoms with Gasteiger partial charge in [-0.05, 0) is 13.8 Å². The lowest BCUT2D eigenvalue weighted by atomic mass is 10.1. The molecular formula is C5H9NO2S. The smallest absolute Gasteiger partial charge is 0.420 e. The third kappa shape index (κ3) is 1.30. The van der Waals surface area contributed by atoms with Crippen molar-refractivity contribution in [2.24, 2.45) is 0 Å². The molecule has 0 bridgehead atoms. The minimum atomic E-state index is -0.362. The zero-order valence-electron chi connectivity index (χ0n) is 5.42. The van der Waals surface area contributed by atoms with Crippen molar-refractivity contribution in [3.63, 3.8) is 0 Å². The Balaban J connectivity index is 2.65. The van der Waals surface area contributed by atoms with E-state index in [9.17, 15) is 4.79 Å². The highest BCUT2D eigenvalue weighted by molar-refractivity contribution is 7.78. The summed E-state index contributed by atoms with van der Waals surface area (Å²) in [5.74, 6) is 0. The number of hydrogen-bond acceptors (Lipinski definition) is 3. The number of amides is 1. The Kier molecular flexibility index (Phi) is 1.35. The molecule has 0 aromatic carbocycles. The van der Waals surface area contributed by atoms with Crippen LogP contribution < -0.4 is 0 Å². The number of ether oxygens (including phenoxy) is 1. The van der Waals surface area contributed by atoms with Crippen molar-refractivity contribution in [2.75, 3.05) is 6.54 Å². The van der Waals surface area contributed by atoms with Gasteiger partial charge in [0.15, 0.2) is 0 Å². The summed E-state index contributed by atoms with van der Waals surface area (Å²) in [6.07, 6.45) is -0.358. The second-order valence-corrected chi connectivity index (χ2v) is 3.17. The summed E-state index contributed by atoms with van der Waals surface area (Å²) < 4.78 is 6.14. The second kappa shape index (κ2) is 1.80. The minimum absolute atomic E-state index is 0.358. The molecule has 3 nitrogen and oxygen atoms in total. The summed E-state index contributed by atoms with van der Waals surface area (Å²) in [5, 5.41) is 0. The predicted molar refractivity (Wildman–Crippen MR) is 36.3 cm³/mol. The number of rotatable bonds is 0.